The molecule has 21 aromatic rings. The van der Waals surface area contributed by atoms with Gasteiger partial charge in [-0.15, -0.1) is 0 Å². The third-order valence-corrected chi connectivity index (χ3v) is 19.8. The Morgan fingerprint density at radius 2 is 0.452 bits per heavy atom. The minimum Gasteiger partial charge on any atom is -0.256 e. The molecular weight excluding hydrogens is 1010 g/mol. The number of aromatic nitrogens is 2. The number of fused-ring (bicyclic) bond motifs is 18. The van der Waals surface area contributed by atoms with Crippen molar-refractivity contribution in [3.8, 4) is 44.8 Å². The lowest BCUT2D eigenvalue weighted by Crippen LogP contribution is -1.89. The maximum absolute atomic E-state index is 5.14. The average molecular weight is 1060 g/mol. The molecule has 380 valence electrons. The monoisotopic (exact) mass is 1050 g/mol. The van der Waals surface area contributed by atoms with Crippen molar-refractivity contribution in [2.45, 2.75) is 0 Å². The van der Waals surface area contributed by atoms with Gasteiger partial charge in [-0.25, -0.2) is 0 Å². The molecule has 2 nitrogen and oxygen atoms in total. The molecule has 0 aliphatic rings. The van der Waals surface area contributed by atoms with Crippen molar-refractivity contribution in [1.29, 1.82) is 0 Å². The van der Waals surface area contributed by atoms with Crippen molar-refractivity contribution >= 4 is 172 Å². The second-order valence-electron chi connectivity index (χ2n) is 23.6. The first-order valence-corrected chi connectivity index (χ1v) is 29.3. The lowest BCUT2D eigenvalue weighted by atomic mass is 9.87. The Balaban J connectivity index is 0.916. The molecule has 0 unspecified atom stereocenters. The predicted molar refractivity (Wildman–Crippen MR) is 360 cm³/mol. The van der Waals surface area contributed by atoms with Gasteiger partial charge in [0.15, 0.2) is 0 Å². The number of pyridine rings is 2. The minimum atomic E-state index is 1.01. The van der Waals surface area contributed by atoms with Crippen molar-refractivity contribution in [2.24, 2.45) is 0 Å². The molecule has 19 aromatic carbocycles. The normalized spacial score (nSPS) is 12.8. The van der Waals surface area contributed by atoms with Crippen LogP contribution in [0, 0.1) is 0 Å². The number of nitrogens with zero attached hydrogens (tertiary/aromatic N) is 2. The van der Waals surface area contributed by atoms with Gasteiger partial charge in [-0.3, -0.25) is 9.97 Å². The lowest BCUT2D eigenvalue weighted by molar-refractivity contribution is 1.36. The van der Waals surface area contributed by atoms with Crippen LogP contribution in [0.2, 0.25) is 0 Å². The van der Waals surface area contributed by atoms with E-state index in [1.807, 2.05) is 12.4 Å². The van der Waals surface area contributed by atoms with Crippen molar-refractivity contribution < 1.29 is 0 Å². The van der Waals surface area contributed by atoms with Crippen LogP contribution in [0.1, 0.15) is 0 Å². The first-order valence-electron chi connectivity index (χ1n) is 29.3. The zero-order chi connectivity index (χ0) is 54.2. The summed E-state index contributed by atoms with van der Waals surface area (Å²) in [5.41, 5.74) is 9.29. The summed E-state index contributed by atoms with van der Waals surface area (Å²) in [7, 11) is 0. The average Bonchev–Trinajstić information content (AvgIpc) is 1.80. The van der Waals surface area contributed by atoms with E-state index in [2.05, 4.69) is 243 Å². The first-order chi connectivity index (χ1) is 41.7. The van der Waals surface area contributed by atoms with Gasteiger partial charge in [0.05, 0.1) is 11.4 Å². The molecule has 0 radical (unpaired) electrons. The van der Waals surface area contributed by atoms with Crippen LogP contribution in [0.5, 0.6) is 0 Å². The highest BCUT2D eigenvalue weighted by Gasteiger charge is 2.31. The molecule has 0 saturated carbocycles. The number of hydrogen-bond acceptors (Lipinski definition) is 2. The molecule has 2 aromatic heterocycles. The Morgan fingerprint density at radius 3 is 0.869 bits per heavy atom. The zero-order valence-electron chi connectivity index (χ0n) is 45.1. The summed E-state index contributed by atoms with van der Waals surface area (Å²) in [6.07, 6.45) is 3.94. The summed E-state index contributed by atoms with van der Waals surface area (Å²) in [4.78, 5) is 10.3. The Labute approximate surface area is 479 Å². The van der Waals surface area contributed by atoms with Crippen molar-refractivity contribution in [3.63, 3.8) is 0 Å². The fraction of sp³-hybridized carbons (Fsp3) is 0. The number of benzene rings is 15. The van der Waals surface area contributed by atoms with Crippen LogP contribution in [0.4, 0.5) is 0 Å². The Bertz CT molecular complexity index is 6010. The Hall–Kier alpha value is -11.1. The smallest absolute Gasteiger partial charge is 0.0780 e. The van der Waals surface area contributed by atoms with E-state index in [0.717, 1.165) is 33.3 Å². The van der Waals surface area contributed by atoms with Gasteiger partial charge in [-0.05, 0) is 220 Å². The molecule has 0 fully saturated rings. The standard InChI is InChI=1S/C82H42N2/c1-3-17-45(18-4-1)67-65-41-47(81-49-21-9-7-15-43(49)35-37-83-81)39-63-51-23-11-13-25-53(51)75(73(63)65)79-61-33-29-57-56-28-32-60-72-62(34-30-58(70(56)72)55-27-31-59(77(67)79)71(61)69(55)57)80-76-54-26-14-12-24-52(54)64-40-48(82-50-22-10-8-16-44(50)36-38-84-82)42-66(74(64)76)68(78(60)80)46-19-5-2-6-20-46/h1-42H. The van der Waals surface area contributed by atoms with Gasteiger partial charge in [0.1, 0.15) is 0 Å². The van der Waals surface area contributed by atoms with E-state index in [-0.39, 0.29) is 0 Å². The molecule has 2 heterocycles. The van der Waals surface area contributed by atoms with Gasteiger partial charge in [0, 0.05) is 34.3 Å². The molecule has 0 saturated heterocycles. The summed E-state index contributed by atoms with van der Waals surface area (Å²) in [6.45, 7) is 0. The SMILES string of the molecule is c1ccc(-c2c3cc(-c4nccc5ccccc45)cc4c5ccccc5c(c34)c3c4ccc5c6ccc7c8c(-c9ccccc9)c9cc(-c%10nccc%11ccccc%10%11)cc%10c%11ccccc%11c(c9%10)c8c8ccc(c9ccc(c23)c4c95)c6c78)cc1. The van der Waals surface area contributed by atoms with Gasteiger partial charge in [0.25, 0.3) is 0 Å². The lowest BCUT2D eigenvalue weighted by Gasteiger charge is -2.16. The van der Waals surface area contributed by atoms with Crippen LogP contribution in [-0.4, -0.2) is 9.97 Å². The Kier molecular flexibility index (Phi) is 8.05. The molecule has 0 aliphatic carbocycles. The van der Waals surface area contributed by atoms with Gasteiger partial charge >= 0.3 is 0 Å². The second-order valence-corrected chi connectivity index (χ2v) is 23.6. The van der Waals surface area contributed by atoms with Crippen molar-refractivity contribution in [1.82, 2.24) is 9.97 Å². The summed E-state index contributed by atoms with van der Waals surface area (Å²) < 4.78 is 0. The highest BCUT2D eigenvalue weighted by atomic mass is 14.7. The topological polar surface area (TPSA) is 25.8 Å². The Morgan fingerprint density at radius 1 is 0.167 bits per heavy atom. The second kappa shape index (κ2) is 15.5. The third-order valence-electron chi connectivity index (χ3n) is 19.8. The number of rotatable bonds is 4. The molecule has 21 rings (SSSR count). The van der Waals surface area contributed by atoms with Gasteiger partial charge in [0.2, 0.25) is 0 Å². The molecule has 0 N–H and O–H groups in total. The van der Waals surface area contributed by atoms with E-state index in [4.69, 9.17) is 9.97 Å². The van der Waals surface area contributed by atoms with Crippen LogP contribution < -0.4 is 0 Å². The van der Waals surface area contributed by atoms with Crippen molar-refractivity contribution in [3.05, 3.63) is 255 Å². The molecule has 0 atom stereocenters. The molecule has 0 aliphatic heterocycles. The van der Waals surface area contributed by atoms with Crippen LogP contribution in [0.3, 0.4) is 0 Å². The van der Waals surface area contributed by atoms with Gasteiger partial charge in [-0.1, -0.05) is 206 Å². The molecular formula is C82H42N2. The summed E-state index contributed by atoms with van der Waals surface area (Å²) in [6, 6.07) is 91.7. The quantitative estimate of drug-likeness (QED) is 0.130. The minimum absolute atomic E-state index is 1.01. The maximum Gasteiger partial charge on any atom is 0.0780 e. The molecule has 84 heavy (non-hydrogen) atoms. The molecule has 2 heteroatoms. The summed E-state index contributed by atoms with van der Waals surface area (Å²) in [5, 5.41) is 41.4. The van der Waals surface area contributed by atoms with E-state index < -0.39 is 0 Å². The summed E-state index contributed by atoms with van der Waals surface area (Å²) >= 11 is 0. The third kappa shape index (κ3) is 5.26. The van der Waals surface area contributed by atoms with E-state index in [1.165, 1.54) is 184 Å². The highest BCUT2D eigenvalue weighted by molar-refractivity contribution is 6.54. The van der Waals surface area contributed by atoms with Gasteiger partial charge in [-0.2, -0.15) is 0 Å². The molecule has 0 amide bonds. The number of hydrogen-bond donors (Lipinski definition) is 0. The molecule has 0 spiro atoms. The fourth-order valence-corrected chi connectivity index (χ4v) is 16.7. The largest absolute Gasteiger partial charge is 0.256 e. The van der Waals surface area contributed by atoms with Crippen LogP contribution in [0.15, 0.2) is 255 Å². The first kappa shape index (κ1) is 43.7. The highest BCUT2D eigenvalue weighted by Crippen LogP contribution is 2.59. The van der Waals surface area contributed by atoms with E-state index in [1.54, 1.807) is 0 Å². The van der Waals surface area contributed by atoms with Crippen molar-refractivity contribution in [2.75, 3.05) is 0 Å². The van der Waals surface area contributed by atoms with E-state index in [0.29, 0.717) is 0 Å². The van der Waals surface area contributed by atoms with E-state index >= 15 is 0 Å². The van der Waals surface area contributed by atoms with Crippen LogP contribution >= 0.6 is 0 Å². The van der Waals surface area contributed by atoms with E-state index in [9.17, 15) is 0 Å². The van der Waals surface area contributed by atoms with Crippen LogP contribution in [0.25, 0.3) is 217 Å². The van der Waals surface area contributed by atoms with Gasteiger partial charge < -0.3 is 0 Å². The maximum atomic E-state index is 5.14. The fourth-order valence-electron chi connectivity index (χ4n) is 16.7. The zero-order valence-corrected chi connectivity index (χ0v) is 45.1. The predicted octanol–water partition coefficient (Wildman–Crippen LogP) is 22.8. The van der Waals surface area contributed by atoms with Crippen LogP contribution in [-0.2, 0) is 0 Å². The molecule has 0 bridgehead atoms. The summed E-state index contributed by atoms with van der Waals surface area (Å²) in [5.74, 6) is 0.